The number of halogens is 2. The molecule has 25 heavy (non-hydrogen) atoms. The maximum atomic E-state index is 14.1. The van der Waals surface area contributed by atoms with Gasteiger partial charge in [0.1, 0.15) is 22.8 Å². The van der Waals surface area contributed by atoms with E-state index >= 15 is 0 Å². The number of aromatic nitrogens is 1. The van der Waals surface area contributed by atoms with Crippen LogP contribution >= 0.6 is 11.6 Å². The van der Waals surface area contributed by atoms with Crippen LogP contribution in [0.15, 0.2) is 22.7 Å². The van der Waals surface area contributed by atoms with Crippen molar-refractivity contribution in [2.75, 3.05) is 6.61 Å². The normalized spacial score (nSPS) is 11.9. The Morgan fingerprint density at radius 3 is 2.80 bits per heavy atom. The van der Waals surface area contributed by atoms with Crippen molar-refractivity contribution < 1.29 is 23.2 Å². The van der Waals surface area contributed by atoms with Gasteiger partial charge in [0.2, 0.25) is 0 Å². The Morgan fingerprint density at radius 1 is 1.44 bits per heavy atom. The Balaban J connectivity index is 2.22. The Morgan fingerprint density at radius 2 is 2.16 bits per heavy atom. The van der Waals surface area contributed by atoms with Crippen molar-refractivity contribution in [2.24, 2.45) is 0 Å². The summed E-state index contributed by atoms with van der Waals surface area (Å²) in [5.74, 6) is -1.78. The van der Waals surface area contributed by atoms with Gasteiger partial charge in [-0.15, -0.1) is 0 Å². The maximum Gasteiger partial charge on any atom is 0.344 e. The highest BCUT2D eigenvalue weighted by Gasteiger charge is 2.27. The predicted octanol–water partition coefficient (Wildman–Crippen LogP) is 3.51. The van der Waals surface area contributed by atoms with Gasteiger partial charge >= 0.3 is 5.97 Å². The lowest BCUT2D eigenvalue weighted by atomic mass is 10.1. The topological polar surface area (TPSA) is 81.4 Å². The molecule has 0 unspecified atom stereocenters. The van der Waals surface area contributed by atoms with Crippen molar-refractivity contribution in [1.29, 1.82) is 0 Å². The number of hydrogen-bond donors (Lipinski definition) is 1. The first-order chi connectivity index (χ1) is 11.8. The van der Waals surface area contributed by atoms with Crippen LogP contribution in [0, 0.1) is 12.7 Å². The molecule has 0 fully saturated rings. The molecule has 0 saturated heterocycles. The molecule has 0 saturated carbocycles. The fourth-order valence-electron chi connectivity index (χ4n) is 2.13. The number of aryl methyl sites for hydroxylation is 1. The Hall–Kier alpha value is -2.41. The second-order valence-corrected chi connectivity index (χ2v) is 5.92. The first-order valence-electron chi connectivity index (χ1n) is 7.72. The van der Waals surface area contributed by atoms with Gasteiger partial charge in [-0.2, -0.15) is 0 Å². The minimum Gasteiger partial charge on any atom is -0.452 e. The number of nitrogens with zero attached hydrogens (tertiary/aromatic N) is 1. The van der Waals surface area contributed by atoms with E-state index in [9.17, 15) is 14.0 Å². The van der Waals surface area contributed by atoms with E-state index in [-0.39, 0.29) is 33.6 Å². The number of ether oxygens (including phenoxy) is 1. The summed E-state index contributed by atoms with van der Waals surface area (Å²) in [5, 5.41) is 6.47. The third-order valence-corrected chi connectivity index (χ3v) is 3.94. The van der Waals surface area contributed by atoms with Crippen LogP contribution in [0.2, 0.25) is 5.02 Å². The second-order valence-electron chi connectivity index (χ2n) is 5.51. The van der Waals surface area contributed by atoms with Gasteiger partial charge in [-0.25, -0.2) is 9.18 Å². The van der Waals surface area contributed by atoms with Crippen LogP contribution in [0.5, 0.6) is 0 Å². The first-order valence-corrected chi connectivity index (χ1v) is 8.10. The van der Waals surface area contributed by atoms with Gasteiger partial charge in [-0.1, -0.05) is 29.7 Å². The van der Waals surface area contributed by atoms with Crippen LogP contribution in [0.25, 0.3) is 11.3 Å². The summed E-state index contributed by atoms with van der Waals surface area (Å²) < 4.78 is 24.1. The molecule has 6 nitrogen and oxygen atoms in total. The van der Waals surface area contributed by atoms with Gasteiger partial charge < -0.3 is 14.6 Å². The minimum atomic E-state index is -0.840. The van der Waals surface area contributed by atoms with Crippen molar-refractivity contribution >= 4 is 23.5 Å². The molecule has 0 spiro atoms. The molecule has 0 aliphatic carbocycles. The SMILES string of the molecule is CC[C@H](C)NC(=O)COC(=O)c1c(-c2c(F)cccc2Cl)noc1C. The summed E-state index contributed by atoms with van der Waals surface area (Å²) in [6.45, 7) is 4.78. The molecule has 0 bridgehead atoms. The lowest BCUT2D eigenvalue weighted by molar-refractivity contribution is -0.124. The van der Waals surface area contributed by atoms with Crippen molar-refractivity contribution in [3.8, 4) is 11.3 Å². The average molecular weight is 369 g/mol. The van der Waals surface area contributed by atoms with Gasteiger partial charge in [0.15, 0.2) is 6.61 Å². The zero-order chi connectivity index (χ0) is 18.6. The zero-order valence-corrected chi connectivity index (χ0v) is 14.8. The van der Waals surface area contributed by atoms with Crippen molar-refractivity contribution in [2.45, 2.75) is 33.2 Å². The molecule has 1 heterocycles. The highest BCUT2D eigenvalue weighted by Crippen LogP contribution is 2.33. The molecule has 0 radical (unpaired) electrons. The maximum absolute atomic E-state index is 14.1. The summed E-state index contributed by atoms with van der Waals surface area (Å²) >= 11 is 6.01. The standard InChI is InChI=1S/C17H18ClFN2O4/c1-4-9(2)20-13(22)8-24-17(23)14-10(3)25-21-16(14)15-11(18)6-5-7-12(15)19/h5-7,9H,4,8H2,1-3H3,(H,20,22)/t9-/m0/s1. The number of carbonyl (C=O) groups excluding carboxylic acids is 2. The third-order valence-electron chi connectivity index (χ3n) is 3.62. The van der Waals surface area contributed by atoms with E-state index in [1.54, 1.807) is 0 Å². The van der Waals surface area contributed by atoms with Gasteiger partial charge in [0, 0.05) is 6.04 Å². The van der Waals surface area contributed by atoms with E-state index in [0.717, 1.165) is 6.42 Å². The van der Waals surface area contributed by atoms with Crippen LogP contribution in [-0.4, -0.2) is 29.7 Å². The van der Waals surface area contributed by atoms with Crippen LogP contribution in [0.1, 0.15) is 36.4 Å². The molecular weight excluding hydrogens is 351 g/mol. The van der Waals surface area contributed by atoms with E-state index in [4.69, 9.17) is 20.9 Å². The Bertz CT molecular complexity index is 771. The van der Waals surface area contributed by atoms with Crippen LogP contribution in [-0.2, 0) is 9.53 Å². The first kappa shape index (κ1) is 18.9. The van der Waals surface area contributed by atoms with Gasteiger partial charge in [-0.05, 0) is 32.4 Å². The van der Waals surface area contributed by atoms with E-state index in [0.29, 0.717) is 0 Å². The molecule has 1 N–H and O–H groups in total. The molecule has 2 aromatic rings. The largest absolute Gasteiger partial charge is 0.452 e. The number of rotatable bonds is 6. The minimum absolute atomic E-state index is 0.0312. The van der Waals surface area contributed by atoms with Crippen LogP contribution in [0.3, 0.4) is 0 Å². The zero-order valence-electron chi connectivity index (χ0n) is 14.1. The lowest BCUT2D eigenvalue weighted by Gasteiger charge is -2.11. The molecule has 1 atom stereocenters. The number of carbonyl (C=O) groups is 2. The van der Waals surface area contributed by atoms with Crippen LogP contribution in [0.4, 0.5) is 4.39 Å². The smallest absolute Gasteiger partial charge is 0.344 e. The number of benzene rings is 1. The number of nitrogens with one attached hydrogen (secondary N) is 1. The Kier molecular flexibility index (Phi) is 6.14. The van der Waals surface area contributed by atoms with Crippen LogP contribution < -0.4 is 5.32 Å². The summed E-state index contributed by atoms with van der Waals surface area (Å²) in [7, 11) is 0. The van der Waals surface area contributed by atoms with Gasteiger partial charge in [0.25, 0.3) is 5.91 Å². The molecular formula is C17H18ClFN2O4. The van der Waals surface area contributed by atoms with Crippen molar-refractivity contribution in [3.63, 3.8) is 0 Å². The number of hydrogen-bond acceptors (Lipinski definition) is 5. The van der Waals surface area contributed by atoms with Gasteiger partial charge in [-0.3, -0.25) is 4.79 Å². The highest BCUT2D eigenvalue weighted by atomic mass is 35.5. The second kappa shape index (κ2) is 8.11. The monoisotopic (exact) mass is 368 g/mol. The number of amides is 1. The quantitative estimate of drug-likeness (QED) is 0.789. The summed E-state index contributed by atoms with van der Waals surface area (Å²) in [6, 6.07) is 4.07. The summed E-state index contributed by atoms with van der Waals surface area (Å²) in [4.78, 5) is 24.1. The molecule has 1 amide bonds. The van der Waals surface area contributed by atoms with E-state index in [1.165, 1.54) is 25.1 Å². The van der Waals surface area contributed by atoms with Crippen molar-refractivity contribution in [3.05, 3.63) is 40.4 Å². The van der Waals surface area contributed by atoms with Crippen molar-refractivity contribution in [1.82, 2.24) is 10.5 Å². The fraction of sp³-hybridized carbons (Fsp3) is 0.353. The molecule has 0 aliphatic heterocycles. The lowest BCUT2D eigenvalue weighted by Crippen LogP contribution is -2.35. The van der Waals surface area contributed by atoms with E-state index in [2.05, 4.69) is 10.5 Å². The Labute approximate surface area is 149 Å². The molecule has 1 aromatic carbocycles. The average Bonchev–Trinajstić information content (AvgIpc) is 2.93. The molecule has 0 aliphatic rings. The molecule has 2 rings (SSSR count). The number of esters is 1. The highest BCUT2D eigenvalue weighted by molar-refractivity contribution is 6.33. The summed E-state index contributed by atoms with van der Waals surface area (Å²) in [6.07, 6.45) is 0.750. The third kappa shape index (κ3) is 4.36. The molecule has 134 valence electrons. The predicted molar refractivity (Wildman–Crippen MR) is 89.8 cm³/mol. The van der Waals surface area contributed by atoms with Gasteiger partial charge in [0.05, 0.1) is 10.6 Å². The van der Waals surface area contributed by atoms with E-state index < -0.39 is 24.3 Å². The summed E-state index contributed by atoms with van der Waals surface area (Å²) in [5.41, 5.74) is -0.187. The molecule has 8 heteroatoms. The fourth-order valence-corrected chi connectivity index (χ4v) is 2.38. The molecule has 1 aromatic heterocycles. The van der Waals surface area contributed by atoms with E-state index in [1.807, 2.05) is 13.8 Å².